The first kappa shape index (κ1) is 17.5. The van der Waals surface area contributed by atoms with Crippen LogP contribution in [0.15, 0.2) is 35.5 Å². The number of carbonyl (C=O) groups excluding carboxylic acids is 1. The average molecular weight is 342 g/mol. The number of carboxylic acids is 1. The van der Waals surface area contributed by atoms with Crippen molar-refractivity contribution in [1.82, 2.24) is 5.32 Å². The van der Waals surface area contributed by atoms with Gasteiger partial charge in [-0.1, -0.05) is 43.9 Å². The summed E-state index contributed by atoms with van der Waals surface area (Å²) in [5.41, 5.74) is 2.35. The van der Waals surface area contributed by atoms with Crippen molar-refractivity contribution in [2.75, 3.05) is 4.90 Å². The van der Waals surface area contributed by atoms with Crippen molar-refractivity contribution >= 4 is 17.6 Å². The van der Waals surface area contributed by atoms with E-state index in [1.54, 1.807) is 4.90 Å². The van der Waals surface area contributed by atoms with Crippen LogP contribution in [0.5, 0.6) is 0 Å². The lowest BCUT2D eigenvalue weighted by atomic mass is 9.95. The summed E-state index contributed by atoms with van der Waals surface area (Å²) in [6.07, 6.45) is 6.01. The van der Waals surface area contributed by atoms with Gasteiger partial charge in [-0.3, -0.25) is 9.69 Å². The van der Waals surface area contributed by atoms with Crippen molar-refractivity contribution in [1.29, 1.82) is 0 Å². The van der Waals surface area contributed by atoms with E-state index in [0.29, 0.717) is 6.42 Å². The van der Waals surface area contributed by atoms with E-state index < -0.39 is 12.0 Å². The van der Waals surface area contributed by atoms with Gasteiger partial charge in [0.15, 0.2) is 0 Å². The molecule has 1 saturated carbocycles. The summed E-state index contributed by atoms with van der Waals surface area (Å²) < 4.78 is 0. The Morgan fingerprint density at radius 3 is 2.40 bits per heavy atom. The fraction of sp³-hybridized carbons (Fsp3) is 0.500. The Bertz CT molecular complexity index is 687. The number of hydrogen-bond donors (Lipinski definition) is 2. The molecule has 1 fully saturated rings. The van der Waals surface area contributed by atoms with Crippen molar-refractivity contribution in [3.63, 3.8) is 0 Å². The fourth-order valence-electron chi connectivity index (χ4n) is 3.90. The zero-order chi connectivity index (χ0) is 18.0. The molecule has 1 unspecified atom stereocenters. The van der Waals surface area contributed by atoms with Crippen molar-refractivity contribution in [2.24, 2.45) is 0 Å². The van der Waals surface area contributed by atoms with Gasteiger partial charge in [-0.25, -0.2) is 4.79 Å². The highest BCUT2D eigenvalue weighted by Crippen LogP contribution is 2.33. The maximum absolute atomic E-state index is 13.1. The SMILES string of the molecule is CCC1C(C(=O)O)=C(NC2CCCCC2)C(=O)N1c1ccc(C)cc1. The van der Waals surface area contributed by atoms with Crippen LogP contribution < -0.4 is 10.2 Å². The largest absolute Gasteiger partial charge is 0.478 e. The summed E-state index contributed by atoms with van der Waals surface area (Å²) in [7, 11) is 0. The normalized spacial score (nSPS) is 21.8. The van der Waals surface area contributed by atoms with Crippen molar-refractivity contribution in [2.45, 2.75) is 64.5 Å². The maximum Gasteiger partial charge on any atom is 0.336 e. The van der Waals surface area contributed by atoms with E-state index in [4.69, 9.17) is 0 Å². The van der Waals surface area contributed by atoms with E-state index in [9.17, 15) is 14.7 Å². The van der Waals surface area contributed by atoms with Crippen LogP contribution in [0.4, 0.5) is 5.69 Å². The minimum atomic E-state index is -1.01. The number of aryl methyl sites for hydroxylation is 1. The summed E-state index contributed by atoms with van der Waals surface area (Å²) >= 11 is 0. The van der Waals surface area contributed by atoms with Crippen LogP contribution in [0, 0.1) is 6.92 Å². The number of benzene rings is 1. The van der Waals surface area contributed by atoms with E-state index in [2.05, 4.69) is 5.32 Å². The van der Waals surface area contributed by atoms with E-state index in [0.717, 1.165) is 36.9 Å². The second-order valence-electron chi connectivity index (χ2n) is 7.01. The molecule has 0 radical (unpaired) electrons. The fourth-order valence-corrected chi connectivity index (χ4v) is 3.90. The molecule has 1 heterocycles. The van der Waals surface area contributed by atoms with Crippen LogP contribution in [-0.2, 0) is 9.59 Å². The molecule has 1 atom stereocenters. The van der Waals surface area contributed by atoms with Gasteiger partial charge in [0.1, 0.15) is 5.70 Å². The Hall–Kier alpha value is -2.30. The molecular formula is C20H26N2O3. The molecule has 1 aliphatic carbocycles. The number of carbonyl (C=O) groups is 2. The summed E-state index contributed by atoms with van der Waals surface area (Å²) in [5.74, 6) is -1.23. The summed E-state index contributed by atoms with van der Waals surface area (Å²) in [6.45, 7) is 3.91. The number of aliphatic carboxylic acids is 1. The number of carboxylic acid groups (broad SMARTS) is 1. The lowest BCUT2D eigenvalue weighted by Crippen LogP contribution is -2.38. The maximum atomic E-state index is 13.1. The van der Waals surface area contributed by atoms with Gasteiger partial charge < -0.3 is 10.4 Å². The molecule has 1 amide bonds. The zero-order valence-corrected chi connectivity index (χ0v) is 14.9. The smallest absolute Gasteiger partial charge is 0.336 e. The van der Waals surface area contributed by atoms with Gasteiger partial charge in [-0.05, 0) is 38.3 Å². The van der Waals surface area contributed by atoms with Crippen molar-refractivity contribution in [3.8, 4) is 0 Å². The van der Waals surface area contributed by atoms with Gasteiger partial charge in [0.25, 0.3) is 5.91 Å². The third-order valence-corrected chi connectivity index (χ3v) is 5.23. The standard InChI is InChI=1S/C20H26N2O3/c1-3-16-17(20(24)25)18(21-14-7-5-4-6-8-14)19(23)22(16)15-11-9-13(2)10-12-15/h9-12,14,16,21H,3-8H2,1-2H3,(H,24,25). The Morgan fingerprint density at radius 2 is 1.84 bits per heavy atom. The average Bonchev–Trinajstić information content (AvgIpc) is 2.89. The highest BCUT2D eigenvalue weighted by atomic mass is 16.4. The van der Waals surface area contributed by atoms with Gasteiger partial charge in [-0.15, -0.1) is 0 Å². The third-order valence-electron chi connectivity index (χ3n) is 5.23. The number of hydrogen-bond acceptors (Lipinski definition) is 3. The molecule has 1 aromatic rings. The predicted octanol–water partition coefficient (Wildman–Crippen LogP) is 3.38. The quantitative estimate of drug-likeness (QED) is 0.861. The van der Waals surface area contributed by atoms with Gasteiger partial charge >= 0.3 is 5.97 Å². The van der Waals surface area contributed by atoms with Crippen molar-refractivity contribution in [3.05, 3.63) is 41.1 Å². The lowest BCUT2D eigenvalue weighted by molar-refractivity contribution is -0.133. The molecule has 1 aromatic carbocycles. The minimum Gasteiger partial charge on any atom is -0.478 e. The molecule has 25 heavy (non-hydrogen) atoms. The molecule has 2 aliphatic rings. The number of rotatable bonds is 5. The van der Waals surface area contributed by atoms with Crippen LogP contribution in [0.3, 0.4) is 0 Å². The monoisotopic (exact) mass is 342 g/mol. The first-order valence-electron chi connectivity index (χ1n) is 9.17. The highest BCUT2D eigenvalue weighted by Gasteiger charge is 2.43. The molecule has 0 bridgehead atoms. The third kappa shape index (κ3) is 3.41. The summed E-state index contributed by atoms with van der Waals surface area (Å²) in [4.78, 5) is 26.6. The van der Waals surface area contributed by atoms with Crippen molar-refractivity contribution < 1.29 is 14.7 Å². The number of anilines is 1. The lowest BCUT2D eigenvalue weighted by Gasteiger charge is -2.26. The molecule has 0 saturated heterocycles. The van der Waals surface area contributed by atoms with Gasteiger partial charge in [0, 0.05) is 11.7 Å². The molecular weight excluding hydrogens is 316 g/mol. The van der Waals surface area contributed by atoms with Gasteiger partial charge in [0.05, 0.1) is 11.6 Å². The van der Waals surface area contributed by atoms with Crippen LogP contribution in [0.1, 0.15) is 51.0 Å². The van der Waals surface area contributed by atoms with Crippen LogP contribution in [0.2, 0.25) is 0 Å². The van der Waals surface area contributed by atoms with Crippen LogP contribution >= 0.6 is 0 Å². The van der Waals surface area contributed by atoms with E-state index in [-0.39, 0.29) is 23.2 Å². The number of amides is 1. The first-order valence-corrected chi connectivity index (χ1v) is 9.17. The van der Waals surface area contributed by atoms with Crippen LogP contribution in [0.25, 0.3) is 0 Å². The minimum absolute atomic E-state index is 0.192. The van der Waals surface area contributed by atoms with E-state index in [1.807, 2.05) is 38.1 Å². The van der Waals surface area contributed by atoms with Crippen LogP contribution in [-0.4, -0.2) is 29.1 Å². The van der Waals surface area contributed by atoms with E-state index >= 15 is 0 Å². The summed E-state index contributed by atoms with van der Waals surface area (Å²) in [6, 6.07) is 7.43. The van der Waals surface area contributed by atoms with E-state index in [1.165, 1.54) is 6.42 Å². The molecule has 3 rings (SSSR count). The molecule has 1 aliphatic heterocycles. The second kappa shape index (κ2) is 7.30. The molecule has 0 aromatic heterocycles. The molecule has 2 N–H and O–H groups in total. The molecule has 5 heteroatoms. The Kier molecular flexibility index (Phi) is 5.11. The highest BCUT2D eigenvalue weighted by molar-refractivity contribution is 6.15. The van der Waals surface area contributed by atoms with Gasteiger partial charge in [0.2, 0.25) is 0 Å². The first-order chi connectivity index (χ1) is 12.0. The molecule has 0 spiro atoms. The zero-order valence-electron chi connectivity index (χ0n) is 14.9. The Morgan fingerprint density at radius 1 is 1.20 bits per heavy atom. The molecule has 5 nitrogen and oxygen atoms in total. The predicted molar refractivity (Wildman–Crippen MR) is 97.4 cm³/mol. The topological polar surface area (TPSA) is 69.6 Å². The Balaban J connectivity index is 1.94. The number of nitrogens with one attached hydrogen (secondary N) is 1. The summed E-state index contributed by atoms with van der Waals surface area (Å²) in [5, 5.41) is 13.0. The second-order valence-corrected chi connectivity index (χ2v) is 7.01. The number of nitrogens with zero attached hydrogens (tertiary/aromatic N) is 1. The van der Waals surface area contributed by atoms with Gasteiger partial charge in [-0.2, -0.15) is 0 Å². The molecule has 134 valence electrons. The Labute approximate surface area is 148 Å².